The van der Waals surface area contributed by atoms with E-state index in [1.807, 2.05) is 13.2 Å². The molecule has 0 N–H and O–H groups in total. The third kappa shape index (κ3) is 1.83. The first kappa shape index (κ1) is 20.2. The minimum absolute atomic E-state index is 0.0222. The van der Waals surface area contributed by atoms with E-state index in [1.165, 1.54) is 8.27 Å². The minimum Gasteiger partial charge on any atom is -0.0859 e. The van der Waals surface area contributed by atoms with Crippen LogP contribution in [0.4, 0.5) is 0 Å². The molecular formula is C20H37P5. The van der Waals surface area contributed by atoms with Crippen molar-refractivity contribution in [2.45, 2.75) is 97.5 Å². The minimum atomic E-state index is 0.0222. The maximum Gasteiger partial charge on any atom is 0.0570 e. The molecule has 0 radical (unpaired) electrons. The van der Waals surface area contributed by atoms with E-state index in [4.69, 9.17) is 0 Å². The van der Waals surface area contributed by atoms with E-state index in [0.717, 1.165) is 4.64 Å². The highest BCUT2D eigenvalue weighted by Gasteiger charge is 3.00. The Balaban J connectivity index is 2.09. The Morgan fingerprint density at radius 1 is 0.760 bits per heavy atom. The molecule has 6 bridgehead atoms. The fourth-order valence-corrected chi connectivity index (χ4v) is 55.6. The number of hydrogen-bond donors (Lipinski definition) is 0. The van der Waals surface area contributed by atoms with Crippen LogP contribution < -0.4 is 0 Å². The van der Waals surface area contributed by atoms with Crippen molar-refractivity contribution in [3.05, 3.63) is 0 Å². The Labute approximate surface area is 163 Å². The Morgan fingerprint density at radius 3 is 1.60 bits per heavy atom. The highest BCUT2D eigenvalue weighted by atomic mass is 32.5. The van der Waals surface area contributed by atoms with Gasteiger partial charge in [0.25, 0.3) is 0 Å². The molecule has 0 nitrogen and oxygen atoms in total. The van der Waals surface area contributed by atoms with Gasteiger partial charge in [0.2, 0.25) is 0 Å². The van der Waals surface area contributed by atoms with Crippen LogP contribution in [0.3, 0.4) is 0 Å². The molecule has 25 heavy (non-hydrogen) atoms. The highest BCUT2D eigenvalue weighted by molar-refractivity contribution is 8.80. The normalized spacial score (nSPS) is 49.8. The molecule has 0 aromatic heterocycles. The van der Waals surface area contributed by atoms with Crippen molar-refractivity contribution >= 4 is 44.3 Å². The quantitative estimate of drug-likeness (QED) is 0.335. The van der Waals surface area contributed by atoms with Crippen LogP contribution >= 0.6 is 39.3 Å². The van der Waals surface area contributed by atoms with Gasteiger partial charge in [-0.15, -0.1) is 0 Å². The molecule has 4 saturated heterocycles. The van der Waals surface area contributed by atoms with Gasteiger partial charge in [-0.3, -0.25) is 0 Å². The molecule has 0 spiro atoms. The van der Waals surface area contributed by atoms with E-state index in [0.29, 0.717) is 38.8 Å². The van der Waals surface area contributed by atoms with Crippen LogP contribution in [0.25, 0.3) is 0 Å². The molecule has 0 aliphatic carbocycles. The zero-order valence-electron chi connectivity index (χ0n) is 18.3. The van der Waals surface area contributed by atoms with Gasteiger partial charge in [-0.05, 0) is 49.5 Å². The summed E-state index contributed by atoms with van der Waals surface area (Å²) in [5.41, 5.74) is 1.78. The topological polar surface area (TPSA) is 0 Å². The fourth-order valence-electron chi connectivity index (χ4n) is 5.89. The largest absolute Gasteiger partial charge is 0.0859 e. The molecule has 0 amide bonds. The van der Waals surface area contributed by atoms with E-state index in [9.17, 15) is 0 Å². The second kappa shape index (κ2) is 4.79. The molecule has 5 heterocycles. The number of rotatable bonds is 0. The average molecular weight is 432 g/mol. The maximum absolute atomic E-state index is 2.62. The monoisotopic (exact) mass is 432 g/mol. The Morgan fingerprint density at radius 2 is 1.28 bits per heavy atom. The van der Waals surface area contributed by atoms with Gasteiger partial charge in [0.15, 0.2) is 0 Å². The smallest absolute Gasteiger partial charge is 0.0570 e. The van der Waals surface area contributed by atoms with Gasteiger partial charge in [-0.1, -0.05) is 99.6 Å². The first-order valence-electron chi connectivity index (χ1n) is 9.71. The maximum atomic E-state index is 2.62. The summed E-state index contributed by atoms with van der Waals surface area (Å²) in [6.45, 7) is 31.1. The SMILES string of the molecule is CC(C)(C)C1=P[C@]2(C(C)(C)C)P3P4P[C@]2(C(C)(C)C)P1[C@]43C(C)(C)C. The molecule has 5 heteroatoms. The van der Waals surface area contributed by atoms with Crippen molar-refractivity contribution in [1.29, 1.82) is 0 Å². The average Bonchev–Trinajstić information content (AvgIpc) is 2.68. The van der Waals surface area contributed by atoms with Crippen LogP contribution in [0.2, 0.25) is 0 Å². The van der Waals surface area contributed by atoms with Crippen LogP contribution in [0, 0.1) is 21.7 Å². The Kier molecular flexibility index (Phi) is 3.86. The predicted octanol–water partition coefficient (Wildman–Crippen LogP) is 9.30. The molecule has 4 fully saturated rings. The van der Waals surface area contributed by atoms with Crippen molar-refractivity contribution in [2.75, 3.05) is 0 Å². The summed E-state index contributed by atoms with van der Waals surface area (Å²) in [5.74, 6) is 0. The zero-order valence-corrected chi connectivity index (χ0v) is 22.9. The molecule has 142 valence electrons. The van der Waals surface area contributed by atoms with Crippen molar-refractivity contribution < 1.29 is 0 Å². The second-order valence-electron chi connectivity index (χ2n) is 12.5. The zero-order chi connectivity index (χ0) is 19.2. The number of hydrogen-bond acceptors (Lipinski definition) is 0. The summed E-state index contributed by atoms with van der Waals surface area (Å²) in [4.78, 5) is 1.25. The van der Waals surface area contributed by atoms with Gasteiger partial charge in [-0.25, -0.2) is 0 Å². The predicted molar refractivity (Wildman–Crippen MR) is 127 cm³/mol. The summed E-state index contributed by atoms with van der Waals surface area (Å²) < 4.78 is 0.778. The van der Waals surface area contributed by atoms with Crippen LogP contribution in [0.1, 0.15) is 83.1 Å². The van der Waals surface area contributed by atoms with Gasteiger partial charge >= 0.3 is 0 Å². The van der Waals surface area contributed by atoms with Crippen LogP contribution in [-0.4, -0.2) is 19.5 Å². The summed E-state index contributed by atoms with van der Waals surface area (Å²) in [5, 5.41) is 2.01. The molecule has 4 unspecified atom stereocenters. The molecule has 0 aromatic rings. The fraction of sp³-hybridized carbons (Fsp3) is 0.950. The van der Waals surface area contributed by atoms with Crippen LogP contribution in [-0.2, 0) is 0 Å². The first-order chi connectivity index (χ1) is 10.9. The molecule has 5 aliphatic heterocycles. The van der Waals surface area contributed by atoms with E-state index in [-0.39, 0.29) is 15.5 Å². The summed E-state index contributed by atoms with van der Waals surface area (Å²) >= 11 is 0. The third-order valence-corrected chi connectivity index (χ3v) is 37.8. The lowest BCUT2D eigenvalue weighted by atomic mass is 9.78. The molecule has 7 atom stereocenters. The van der Waals surface area contributed by atoms with Gasteiger partial charge in [0.1, 0.15) is 0 Å². The van der Waals surface area contributed by atoms with Crippen LogP contribution in [0.15, 0.2) is 0 Å². The molecule has 0 aromatic carbocycles. The van der Waals surface area contributed by atoms with Gasteiger partial charge in [0.05, 0.1) is 9.54 Å². The molecule has 0 saturated carbocycles. The van der Waals surface area contributed by atoms with E-state index < -0.39 is 0 Å². The first-order valence-corrected chi connectivity index (χ1v) is 17.2. The highest BCUT2D eigenvalue weighted by Crippen LogP contribution is 3.37. The lowest BCUT2D eigenvalue weighted by Crippen LogP contribution is -2.52. The summed E-state index contributed by atoms with van der Waals surface area (Å²) in [7, 11) is 3.69. The summed E-state index contributed by atoms with van der Waals surface area (Å²) in [6.07, 6.45) is 0. The van der Waals surface area contributed by atoms with Crippen molar-refractivity contribution in [3.8, 4) is 0 Å². The van der Waals surface area contributed by atoms with Gasteiger partial charge < -0.3 is 0 Å². The standard InChI is InChI=1S/C20H37P5/c1-14(2,3)13-21-18(15(4,5)6)19(16(7,8)9)22-25-20(23(13)19,24(18)25)17(10,11)12/h22H,1-12H3/t18-,19-,20+,23?,24?,25?/m1/s1. The second-order valence-corrected chi connectivity index (χ2v) is 28.3. The Hall–Kier alpha value is 1.89. The van der Waals surface area contributed by atoms with E-state index >= 15 is 0 Å². The Bertz CT molecular complexity index is 683. The third-order valence-electron chi connectivity index (χ3n) is 6.76. The summed E-state index contributed by atoms with van der Waals surface area (Å²) in [6, 6.07) is 0. The molecule has 5 aliphatic rings. The van der Waals surface area contributed by atoms with Gasteiger partial charge in [-0.2, -0.15) is 0 Å². The molecular weight excluding hydrogens is 395 g/mol. The van der Waals surface area contributed by atoms with Crippen LogP contribution in [0.5, 0.6) is 0 Å². The molecule has 5 rings (SSSR count). The lowest BCUT2D eigenvalue weighted by molar-refractivity contribution is 0.253. The van der Waals surface area contributed by atoms with Crippen molar-refractivity contribution in [3.63, 3.8) is 0 Å². The van der Waals surface area contributed by atoms with E-state index in [2.05, 4.69) is 83.1 Å². The van der Waals surface area contributed by atoms with Crippen molar-refractivity contribution in [2.24, 2.45) is 21.7 Å². The lowest BCUT2D eigenvalue weighted by Gasteiger charge is -2.53. The van der Waals surface area contributed by atoms with Crippen molar-refractivity contribution in [1.82, 2.24) is 0 Å². The van der Waals surface area contributed by atoms with E-state index in [1.54, 1.807) is 0 Å². The van der Waals surface area contributed by atoms with Gasteiger partial charge in [0, 0.05) is 4.90 Å².